The van der Waals surface area contributed by atoms with Crippen molar-refractivity contribution in [1.29, 1.82) is 0 Å². The van der Waals surface area contributed by atoms with Crippen molar-refractivity contribution in [2.45, 2.75) is 51.6 Å². The van der Waals surface area contributed by atoms with E-state index < -0.39 is 0 Å². The summed E-state index contributed by atoms with van der Waals surface area (Å²) in [4.78, 5) is 28.5. The minimum Gasteiger partial charge on any atom is -0.341 e. The Hall–Kier alpha value is -1.10. The van der Waals surface area contributed by atoms with Gasteiger partial charge >= 0.3 is 0 Å². The number of nitrogens with one attached hydrogen (secondary N) is 1. The average molecular weight is 281 g/mol. The van der Waals surface area contributed by atoms with Crippen molar-refractivity contribution in [3.63, 3.8) is 0 Å². The van der Waals surface area contributed by atoms with E-state index in [-0.39, 0.29) is 17.7 Å². The maximum atomic E-state index is 12.5. The van der Waals surface area contributed by atoms with Crippen LogP contribution in [0.25, 0.3) is 0 Å². The summed E-state index contributed by atoms with van der Waals surface area (Å²) in [6.45, 7) is 6.67. The summed E-state index contributed by atoms with van der Waals surface area (Å²) in [6.07, 6.45) is 3.33. The fourth-order valence-corrected chi connectivity index (χ4v) is 3.42. The van der Waals surface area contributed by atoms with Crippen LogP contribution in [0.4, 0.5) is 0 Å². The molecule has 2 aliphatic rings. The van der Waals surface area contributed by atoms with E-state index in [9.17, 15) is 9.59 Å². The van der Waals surface area contributed by atoms with Crippen molar-refractivity contribution in [1.82, 2.24) is 15.1 Å². The Morgan fingerprint density at radius 1 is 1.45 bits per heavy atom. The van der Waals surface area contributed by atoms with Crippen LogP contribution in [0.2, 0.25) is 0 Å². The van der Waals surface area contributed by atoms with Gasteiger partial charge < -0.3 is 15.1 Å². The standard InChI is InChI=1S/C15H27N3O2/c1-4-12(5-2)18-10-11(8-14(18)19)15(20)17(3)13-6-7-16-9-13/h11-13,16H,4-10H2,1-3H3. The van der Waals surface area contributed by atoms with Gasteiger partial charge in [-0.25, -0.2) is 0 Å². The van der Waals surface area contributed by atoms with Gasteiger partial charge in [0, 0.05) is 38.6 Å². The van der Waals surface area contributed by atoms with Gasteiger partial charge in [-0.2, -0.15) is 0 Å². The molecule has 0 spiro atoms. The molecule has 2 rings (SSSR count). The summed E-state index contributed by atoms with van der Waals surface area (Å²) in [6, 6.07) is 0.582. The normalized spacial score (nSPS) is 26.6. The van der Waals surface area contributed by atoms with Gasteiger partial charge in [0.05, 0.1) is 5.92 Å². The first kappa shape index (κ1) is 15.3. The van der Waals surface area contributed by atoms with Crippen molar-refractivity contribution >= 4 is 11.8 Å². The molecule has 0 aromatic heterocycles. The first-order valence-corrected chi connectivity index (χ1v) is 7.85. The van der Waals surface area contributed by atoms with E-state index in [0.717, 1.165) is 32.4 Å². The number of likely N-dealkylation sites (tertiary alicyclic amines) is 1. The number of likely N-dealkylation sites (N-methyl/N-ethyl adjacent to an activating group) is 1. The van der Waals surface area contributed by atoms with Gasteiger partial charge in [-0.05, 0) is 25.8 Å². The molecular weight excluding hydrogens is 254 g/mol. The third-order valence-corrected chi connectivity index (χ3v) is 4.82. The molecule has 0 aromatic rings. The first-order chi connectivity index (χ1) is 9.58. The van der Waals surface area contributed by atoms with Crippen LogP contribution in [0.1, 0.15) is 39.5 Å². The summed E-state index contributed by atoms with van der Waals surface area (Å²) in [5.41, 5.74) is 0. The molecule has 2 aliphatic heterocycles. The number of rotatable bonds is 5. The minimum atomic E-state index is -0.145. The topological polar surface area (TPSA) is 52.7 Å². The van der Waals surface area contributed by atoms with Crippen LogP contribution in [-0.2, 0) is 9.59 Å². The summed E-state index contributed by atoms with van der Waals surface area (Å²) in [5.74, 6) is 0.143. The molecule has 5 nitrogen and oxygen atoms in total. The van der Waals surface area contributed by atoms with E-state index in [1.165, 1.54) is 0 Å². The van der Waals surface area contributed by atoms with E-state index in [4.69, 9.17) is 0 Å². The van der Waals surface area contributed by atoms with Gasteiger partial charge in [0.15, 0.2) is 0 Å². The molecule has 0 radical (unpaired) electrons. The SMILES string of the molecule is CCC(CC)N1CC(C(=O)N(C)C2CCNC2)CC1=O. The van der Waals surface area contributed by atoms with Crippen LogP contribution in [-0.4, -0.2) is 60.4 Å². The second-order valence-corrected chi connectivity index (χ2v) is 6.01. The molecule has 2 saturated heterocycles. The number of hydrogen-bond acceptors (Lipinski definition) is 3. The lowest BCUT2D eigenvalue weighted by Gasteiger charge is -2.28. The first-order valence-electron chi connectivity index (χ1n) is 7.85. The zero-order valence-electron chi connectivity index (χ0n) is 12.9. The molecule has 0 bridgehead atoms. The summed E-state index contributed by atoms with van der Waals surface area (Å²) < 4.78 is 0. The van der Waals surface area contributed by atoms with E-state index in [1.54, 1.807) is 0 Å². The second kappa shape index (κ2) is 6.57. The Kier molecular flexibility index (Phi) is 5.02. The Balaban J connectivity index is 1.96. The molecule has 0 saturated carbocycles. The lowest BCUT2D eigenvalue weighted by atomic mass is 10.1. The second-order valence-electron chi connectivity index (χ2n) is 6.01. The predicted octanol–water partition coefficient (Wildman–Crippen LogP) is 0.844. The molecular formula is C15H27N3O2. The maximum Gasteiger partial charge on any atom is 0.228 e. The van der Waals surface area contributed by atoms with Gasteiger partial charge in [0.1, 0.15) is 0 Å². The largest absolute Gasteiger partial charge is 0.341 e. The Bertz CT molecular complexity index is 362. The zero-order valence-corrected chi connectivity index (χ0v) is 12.9. The molecule has 2 fully saturated rings. The van der Waals surface area contributed by atoms with Gasteiger partial charge in [0.25, 0.3) is 0 Å². The van der Waals surface area contributed by atoms with Crippen molar-refractivity contribution in [3.05, 3.63) is 0 Å². The fourth-order valence-electron chi connectivity index (χ4n) is 3.42. The summed E-state index contributed by atoms with van der Waals surface area (Å²) in [5, 5.41) is 3.28. The third kappa shape index (κ3) is 2.97. The monoisotopic (exact) mass is 281 g/mol. The van der Waals surface area contributed by atoms with Crippen LogP contribution >= 0.6 is 0 Å². The molecule has 2 atom stereocenters. The highest BCUT2D eigenvalue weighted by Gasteiger charge is 2.39. The highest BCUT2D eigenvalue weighted by Crippen LogP contribution is 2.25. The van der Waals surface area contributed by atoms with E-state index in [2.05, 4.69) is 19.2 Å². The van der Waals surface area contributed by atoms with Crippen LogP contribution in [0, 0.1) is 5.92 Å². The maximum absolute atomic E-state index is 12.5. The Morgan fingerprint density at radius 2 is 2.15 bits per heavy atom. The van der Waals surface area contributed by atoms with Gasteiger partial charge in [-0.15, -0.1) is 0 Å². The minimum absolute atomic E-state index is 0.139. The summed E-state index contributed by atoms with van der Waals surface area (Å²) in [7, 11) is 1.88. The van der Waals surface area contributed by atoms with Gasteiger partial charge in [-0.3, -0.25) is 9.59 Å². The summed E-state index contributed by atoms with van der Waals surface area (Å²) >= 11 is 0. The van der Waals surface area contributed by atoms with E-state index in [0.29, 0.717) is 25.0 Å². The Labute approximate surface area is 121 Å². The molecule has 0 aromatic carbocycles. The molecule has 0 aliphatic carbocycles. The molecule has 2 amide bonds. The lowest BCUT2D eigenvalue weighted by Crippen LogP contribution is -2.43. The molecule has 1 N–H and O–H groups in total. The lowest BCUT2D eigenvalue weighted by molar-refractivity contribution is -0.136. The van der Waals surface area contributed by atoms with Crippen LogP contribution in [0.15, 0.2) is 0 Å². The number of hydrogen-bond donors (Lipinski definition) is 1. The molecule has 114 valence electrons. The number of amides is 2. The Morgan fingerprint density at radius 3 is 2.70 bits per heavy atom. The zero-order chi connectivity index (χ0) is 14.7. The van der Waals surface area contributed by atoms with Crippen molar-refractivity contribution < 1.29 is 9.59 Å². The van der Waals surface area contributed by atoms with Crippen LogP contribution < -0.4 is 5.32 Å². The van der Waals surface area contributed by atoms with Crippen LogP contribution in [0.5, 0.6) is 0 Å². The van der Waals surface area contributed by atoms with E-state index >= 15 is 0 Å². The molecule has 2 unspecified atom stereocenters. The van der Waals surface area contributed by atoms with Crippen molar-refractivity contribution in [3.8, 4) is 0 Å². The average Bonchev–Trinajstić information content (AvgIpc) is 3.09. The highest BCUT2D eigenvalue weighted by atomic mass is 16.2. The number of carbonyl (C=O) groups excluding carboxylic acids is 2. The predicted molar refractivity (Wildman–Crippen MR) is 78.2 cm³/mol. The van der Waals surface area contributed by atoms with E-state index in [1.807, 2.05) is 16.8 Å². The van der Waals surface area contributed by atoms with Gasteiger partial charge in [0.2, 0.25) is 11.8 Å². The highest BCUT2D eigenvalue weighted by molar-refractivity contribution is 5.89. The smallest absolute Gasteiger partial charge is 0.228 e. The fraction of sp³-hybridized carbons (Fsp3) is 0.867. The number of carbonyl (C=O) groups is 2. The van der Waals surface area contributed by atoms with Crippen LogP contribution in [0.3, 0.4) is 0 Å². The van der Waals surface area contributed by atoms with Crippen molar-refractivity contribution in [2.75, 3.05) is 26.7 Å². The van der Waals surface area contributed by atoms with Crippen molar-refractivity contribution in [2.24, 2.45) is 5.92 Å². The third-order valence-electron chi connectivity index (χ3n) is 4.82. The number of nitrogens with zero attached hydrogens (tertiary/aromatic N) is 2. The molecule has 20 heavy (non-hydrogen) atoms. The quantitative estimate of drug-likeness (QED) is 0.812. The van der Waals surface area contributed by atoms with Gasteiger partial charge in [-0.1, -0.05) is 13.8 Å². The molecule has 5 heteroatoms. The molecule has 2 heterocycles.